The average Bonchev–Trinajstić information content (AvgIpc) is 3.06. The lowest BCUT2D eigenvalue weighted by Crippen LogP contribution is -2.50. The average molecular weight is 707 g/mol. The smallest absolute Gasteiger partial charge is 0.359 e. The van der Waals surface area contributed by atoms with Crippen LogP contribution in [0.1, 0.15) is 194 Å². The monoisotopic (exact) mass is 707 g/mol. The normalized spacial score (nSPS) is 12.6. The first kappa shape index (κ1) is 47.8. The van der Waals surface area contributed by atoms with Crippen molar-refractivity contribution >= 4 is 17.9 Å². The zero-order valence-corrected chi connectivity index (χ0v) is 33.2. The van der Waals surface area contributed by atoms with Gasteiger partial charge in [-0.25, -0.2) is 4.79 Å². The van der Waals surface area contributed by atoms with Crippen molar-refractivity contribution in [1.29, 1.82) is 0 Å². The summed E-state index contributed by atoms with van der Waals surface area (Å²) in [5.41, 5.74) is 0. The van der Waals surface area contributed by atoms with E-state index in [1.807, 2.05) is 0 Å². The van der Waals surface area contributed by atoms with E-state index in [9.17, 15) is 19.5 Å². The number of esters is 2. The van der Waals surface area contributed by atoms with Crippen LogP contribution in [0.3, 0.4) is 0 Å². The van der Waals surface area contributed by atoms with Crippen LogP contribution in [0, 0.1) is 0 Å². The van der Waals surface area contributed by atoms with Crippen LogP contribution in [-0.4, -0.2) is 67.4 Å². The summed E-state index contributed by atoms with van der Waals surface area (Å²) in [6.45, 7) is 4.63. The molecule has 7 heteroatoms. The van der Waals surface area contributed by atoms with Gasteiger partial charge in [0.1, 0.15) is 13.2 Å². The van der Waals surface area contributed by atoms with E-state index in [0.717, 1.165) is 57.8 Å². The maximum atomic E-state index is 12.7. The molecule has 0 saturated heterocycles. The Balaban J connectivity index is 4.17. The molecule has 0 fully saturated rings. The molecular formula is C43H80NO6+. The highest BCUT2D eigenvalue weighted by molar-refractivity contribution is 5.70. The molecule has 0 aliphatic heterocycles. The van der Waals surface area contributed by atoms with Crippen molar-refractivity contribution in [1.82, 2.24) is 0 Å². The first-order chi connectivity index (χ1) is 24.2. The summed E-state index contributed by atoms with van der Waals surface area (Å²) >= 11 is 0. The summed E-state index contributed by atoms with van der Waals surface area (Å²) in [4.78, 5) is 36.5. The summed E-state index contributed by atoms with van der Waals surface area (Å²) < 4.78 is 11.4. The molecule has 292 valence electrons. The number of allylic oxidation sites excluding steroid dienone is 4. The molecule has 0 aromatic carbocycles. The molecular weight excluding hydrogens is 626 g/mol. The summed E-state index contributed by atoms with van der Waals surface area (Å²) in [5.74, 6) is -1.52. The lowest BCUT2D eigenvalue weighted by Gasteiger charge is -2.31. The number of hydrogen-bond donors (Lipinski definition) is 1. The van der Waals surface area contributed by atoms with Gasteiger partial charge in [0.2, 0.25) is 0 Å². The molecule has 1 atom stereocenters. The van der Waals surface area contributed by atoms with Crippen LogP contribution in [-0.2, 0) is 23.9 Å². The van der Waals surface area contributed by atoms with Crippen LogP contribution in [0.4, 0.5) is 0 Å². The maximum Gasteiger partial charge on any atom is 0.359 e. The minimum atomic E-state index is -0.922. The van der Waals surface area contributed by atoms with Gasteiger partial charge in [0, 0.05) is 12.8 Å². The van der Waals surface area contributed by atoms with E-state index >= 15 is 0 Å². The molecule has 50 heavy (non-hydrogen) atoms. The Morgan fingerprint density at radius 1 is 0.540 bits per heavy atom. The summed E-state index contributed by atoms with van der Waals surface area (Å²) in [6, 6.07) is 0. The standard InChI is InChI=1S/C43H79NO6/c1-5-7-9-11-13-15-17-19-21-23-25-27-29-31-33-35-42(47)49-39-40(37-44(3,4)38-41(45)46)50-43(48)36-34-32-30-28-26-24-22-20-18-16-14-12-10-8-6-2/h19-22,40H,5-18,23-39H2,1-4H3/p+1. The molecule has 0 saturated carbocycles. The Morgan fingerprint density at radius 3 is 1.30 bits per heavy atom. The van der Waals surface area contributed by atoms with Crippen LogP contribution >= 0.6 is 0 Å². The molecule has 0 aliphatic carbocycles. The Bertz CT molecular complexity index is 867. The highest BCUT2D eigenvalue weighted by atomic mass is 16.6. The van der Waals surface area contributed by atoms with Crippen LogP contribution in [0.15, 0.2) is 24.3 Å². The molecule has 1 unspecified atom stereocenters. The Morgan fingerprint density at radius 2 is 0.900 bits per heavy atom. The van der Waals surface area contributed by atoms with Crippen molar-refractivity contribution in [2.24, 2.45) is 0 Å². The molecule has 0 spiro atoms. The molecule has 0 aliphatic rings. The number of quaternary nitrogens is 1. The van der Waals surface area contributed by atoms with Gasteiger partial charge >= 0.3 is 17.9 Å². The van der Waals surface area contributed by atoms with E-state index in [4.69, 9.17) is 9.47 Å². The number of hydrogen-bond acceptors (Lipinski definition) is 5. The van der Waals surface area contributed by atoms with Crippen LogP contribution in [0.2, 0.25) is 0 Å². The zero-order chi connectivity index (χ0) is 37.0. The van der Waals surface area contributed by atoms with Gasteiger partial charge in [-0.3, -0.25) is 9.59 Å². The molecule has 0 bridgehead atoms. The maximum absolute atomic E-state index is 12.7. The van der Waals surface area contributed by atoms with Crippen LogP contribution in [0.25, 0.3) is 0 Å². The van der Waals surface area contributed by atoms with Gasteiger partial charge in [-0.05, 0) is 64.2 Å². The molecule has 0 amide bonds. The van der Waals surface area contributed by atoms with Crippen molar-refractivity contribution < 1.29 is 33.4 Å². The second-order valence-corrected chi connectivity index (χ2v) is 15.1. The lowest BCUT2D eigenvalue weighted by molar-refractivity contribution is -0.886. The Kier molecular flexibility index (Phi) is 33.7. The highest BCUT2D eigenvalue weighted by Gasteiger charge is 2.28. The van der Waals surface area contributed by atoms with Crippen molar-refractivity contribution in [2.75, 3.05) is 33.8 Å². The minimum absolute atomic E-state index is 0.0384. The lowest BCUT2D eigenvalue weighted by atomic mass is 10.1. The second kappa shape index (κ2) is 35.3. The van der Waals surface area contributed by atoms with E-state index in [0.29, 0.717) is 12.8 Å². The fourth-order valence-corrected chi connectivity index (χ4v) is 6.29. The molecule has 0 aromatic rings. The first-order valence-corrected chi connectivity index (χ1v) is 20.9. The third kappa shape index (κ3) is 35.7. The molecule has 0 heterocycles. The predicted molar refractivity (Wildman–Crippen MR) is 209 cm³/mol. The predicted octanol–water partition coefficient (Wildman–Crippen LogP) is 11.7. The van der Waals surface area contributed by atoms with Gasteiger partial charge in [0.15, 0.2) is 12.6 Å². The number of ether oxygens (including phenoxy) is 2. The van der Waals surface area contributed by atoms with Crippen molar-refractivity contribution in [3.8, 4) is 0 Å². The van der Waals surface area contributed by atoms with Crippen molar-refractivity contribution in [3.05, 3.63) is 24.3 Å². The number of aliphatic carboxylic acids is 1. The van der Waals surface area contributed by atoms with E-state index in [2.05, 4.69) is 38.2 Å². The number of carboxylic acids is 1. The molecule has 0 aromatic heterocycles. The fourth-order valence-electron chi connectivity index (χ4n) is 6.29. The Hall–Kier alpha value is -2.15. The summed E-state index contributed by atoms with van der Waals surface area (Å²) in [7, 11) is 3.57. The number of likely N-dealkylation sites (N-methyl/N-ethyl adjacent to an activating group) is 1. The van der Waals surface area contributed by atoms with Gasteiger partial charge in [-0.2, -0.15) is 0 Å². The first-order valence-electron chi connectivity index (χ1n) is 20.9. The number of carbonyl (C=O) groups excluding carboxylic acids is 2. The number of rotatable bonds is 37. The topological polar surface area (TPSA) is 89.9 Å². The third-order valence-corrected chi connectivity index (χ3v) is 9.27. The molecule has 0 rings (SSSR count). The van der Waals surface area contributed by atoms with Crippen LogP contribution in [0.5, 0.6) is 0 Å². The molecule has 0 radical (unpaired) electrons. The van der Waals surface area contributed by atoms with E-state index < -0.39 is 12.1 Å². The van der Waals surface area contributed by atoms with Gasteiger partial charge in [0.05, 0.1) is 14.1 Å². The van der Waals surface area contributed by atoms with E-state index in [1.165, 1.54) is 109 Å². The SMILES string of the molecule is CCCCCCCCC=CCCCCCCCC(=O)OCC(C[N+](C)(C)CC(=O)O)OC(=O)CCCCCCCC=CCCCCCCCC. The number of nitrogens with zero attached hydrogens (tertiary/aromatic N) is 1. The number of carbonyl (C=O) groups is 3. The molecule has 7 nitrogen and oxygen atoms in total. The largest absolute Gasteiger partial charge is 0.477 e. The quantitative estimate of drug-likeness (QED) is 0.0299. The van der Waals surface area contributed by atoms with E-state index in [-0.39, 0.29) is 36.1 Å². The van der Waals surface area contributed by atoms with Crippen LogP contribution < -0.4 is 0 Å². The van der Waals surface area contributed by atoms with Crippen molar-refractivity contribution in [3.63, 3.8) is 0 Å². The minimum Gasteiger partial charge on any atom is -0.477 e. The number of unbranched alkanes of at least 4 members (excludes halogenated alkanes) is 22. The third-order valence-electron chi connectivity index (χ3n) is 9.27. The zero-order valence-electron chi connectivity index (χ0n) is 33.2. The molecule has 1 N–H and O–H groups in total. The van der Waals surface area contributed by atoms with Gasteiger partial charge in [0.25, 0.3) is 0 Å². The van der Waals surface area contributed by atoms with Crippen molar-refractivity contribution in [2.45, 2.75) is 200 Å². The van der Waals surface area contributed by atoms with Gasteiger partial charge in [-0.1, -0.05) is 141 Å². The summed E-state index contributed by atoms with van der Waals surface area (Å²) in [5, 5.41) is 9.31. The second-order valence-electron chi connectivity index (χ2n) is 15.1. The Labute approximate surface area is 308 Å². The summed E-state index contributed by atoms with van der Waals surface area (Å²) in [6.07, 6.45) is 40.5. The van der Waals surface area contributed by atoms with E-state index in [1.54, 1.807) is 14.1 Å². The highest BCUT2D eigenvalue weighted by Crippen LogP contribution is 2.14. The van der Waals surface area contributed by atoms with Gasteiger partial charge < -0.3 is 19.1 Å². The number of carboxylic acid groups (broad SMARTS) is 1. The van der Waals surface area contributed by atoms with Gasteiger partial charge in [-0.15, -0.1) is 0 Å². The fraction of sp³-hybridized carbons (Fsp3) is 0.837.